The first-order valence-corrected chi connectivity index (χ1v) is 5.67. The van der Waals surface area contributed by atoms with E-state index in [1.54, 1.807) is 4.90 Å². The molecule has 0 fully saturated rings. The summed E-state index contributed by atoms with van der Waals surface area (Å²) in [5.41, 5.74) is 1.67. The lowest BCUT2D eigenvalue weighted by atomic mass is 10.2. The van der Waals surface area contributed by atoms with E-state index in [2.05, 4.69) is 5.10 Å². The summed E-state index contributed by atoms with van der Waals surface area (Å²) in [6, 6.07) is 11.3. The molecule has 86 valence electrons. The lowest BCUT2D eigenvalue weighted by Gasteiger charge is -2.14. The molecule has 1 aromatic heterocycles. The maximum atomic E-state index is 12.3. The van der Waals surface area contributed by atoms with Crippen molar-refractivity contribution in [2.75, 3.05) is 11.4 Å². The van der Waals surface area contributed by atoms with Gasteiger partial charge in [-0.2, -0.15) is 5.10 Å². The molecule has 0 atom stereocenters. The van der Waals surface area contributed by atoms with Crippen molar-refractivity contribution in [3.8, 4) is 0 Å². The van der Waals surface area contributed by atoms with E-state index in [9.17, 15) is 4.79 Å². The van der Waals surface area contributed by atoms with E-state index in [0.717, 1.165) is 23.6 Å². The van der Waals surface area contributed by atoms with Crippen molar-refractivity contribution in [1.82, 2.24) is 9.78 Å². The van der Waals surface area contributed by atoms with Crippen LogP contribution in [0, 0.1) is 6.92 Å². The third-order valence-electron chi connectivity index (χ3n) is 2.96. The Kier molecular flexibility index (Phi) is 2.21. The Morgan fingerprint density at radius 2 is 2.00 bits per heavy atom. The molecule has 1 amide bonds. The molecule has 1 aliphatic rings. The van der Waals surface area contributed by atoms with Crippen LogP contribution in [0.5, 0.6) is 0 Å². The fraction of sp³-hybridized carbons (Fsp3) is 0.231. The fourth-order valence-corrected chi connectivity index (χ4v) is 2.17. The van der Waals surface area contributed by atoms with Gasteiger partial charge in [0.25, 0.3) is 5.91 Å². The average molecular weight is 227 g/mol. The number of nitrogens with zero attached hydrogens (tertiary/aromatic N) is 3. The lowest BCUT2D eigenvalue weighted by molar-refractivity contribution is 0.0989. The van der Waals surface area contributed by atoms with Crippen LogP contribution in [0.3, 0.4) is 0 Å². The summed E-state index contributed by atoms with van der Waals surface area (Å²) in [5.74, 6) is 0.945. The number of aryl methyl sites for hydroxylation is 1. The number of benzene rings is 1. The maximum absolute atomic E-state index is 12.3. The zero-order valence-corrected chi connectivity index (χ0v) is 9.63. The van der Waals surface area contributed by atoms with Gasteiger partial charge in [-0.3, -0.25) is 9.69 Å². The van der Waals surface area contributed by atoms with Gasteiger partial charge in [0, 0.05) is 18.2 Å². The molecule has 0 bridgehead atoms. The molecular formula is C13H13N3O. The Morgan fingerprint density at radius 1 is 1.24 bits per heavy atom. The summed E-state index contributed by atoms with van der Waals surface area (Å²) in [6.07, 6.45) is 0. The zero-order valence-electron chi connectivity index (χ0n) is 9.63. The van der Waals surface area contributed by atoms with Crippen molar-refractivity contribution in [2.24, 2.45) is 0 Å². The van der Waals surface area contributed by atoms with Crippen LogP contribution in [0.25, 0.3) is 0 Å². The normalized spacial score (nSPS) is 13.8. The molecule has 1 aromatic carbocycles. The molecule has 4 heteroatoms. The number of carbonyl (C=O) groups is 1. The van der Waals surface area contributed by atoms with Gasteiger partial charge in [-0.25, -0.2) is 4.68 Å². The summed E-state index contributed by atoms with van der Waals surface area (Å²) >= 11 is 0. The van der Waals surface area contributed by atoms with Gasteiger partial charge in [0.05, 0.1) is 12.2 Å². The highest BCUT2D eigenvalue weighted by atomic mass is 16.2. The summed E-state index contributed by atoms with van der Waals surface area (Å²) in [5, 5.41) is 4.34. The zero-order chi connectivity index (χ0) is 11.8. The van der Waals surface area contributed by atoms with Crippen LogP contribution in [0.2, 0.25) is 0 Å². The van der Waals surface area contributed by atoms with Crippen LogP contribution in [0.1, 0.15) is 16.1 Å². The van der Waals surface area contributed by atoms with Gasteiger partial charge in [0.15, 0.2) is 0 Å². The Bertz CT molecular complexity index is 559. The second-order valence-corrected chi connectivity index (χ2v) is 4.19. The van der Waals surface area contributed by atoms with Gasteiger partial charge in [0.1, 0.15) is 5.82 Å². The molecule has 17 heavy (non-hydrogen) atoms. The molecule has 1 aliphatic heterocycles. The Morgan fingerprint density at radius 3 is 2.76 bits per heavy atom. The molecule has 0 spiro atoms. The van der Waals surface area contributed by atoms with Gasteiger partial charge in [-0.1, -0.05) is 18.2 Å². The van der Waals surface area contributed by atoms with Gasteiger partial charge in [-0.05, 0) is 19.1 Å². The van der Waals surface area contributed by atoms with E-state index in [-0.39, 0.29) is 5.91 Å². The number of carbonyl (C=O) groups excluding carboxylic acids is 1. The van der Waals surface area contributed by atoms with E-state index in [0.29, 0.717) is 6.54 Å². The minimum absolute atomic E-state index is 0.0456. The van der Waals surface area contributed by atoms with E-state index >= 15 is 0 Å². The van der Waals surface area contributed by atoms with Gasteiger partial charge < -0.3 is 0 Å². The predicted molar refractivity (Wildman–Crippen MR) is 65.1 cm³/mol. The highest BCUT2D eigenvalue weighted by Gasteiger charge is 2.26. The number of amides is 1. The summed E-state index contributed by atoms with van der Waals surface area (Å²) in [7, 11) is 0. The first-order valence-electron chi connectivity index (χ1n) is 5.67. The highest BCUT2D eigenvalue weighted by molar-refractivity contribution is 6.06. The van der Waals surface area contributed by atoms with Crippen molar-refractivity contribution in [2.45, 2.75) is 13.5 Å². The van der Waals surface area contributed by atoms with Crippen molar-refractivity contribution >= 4 is 11.7 Å². The third kappa shape index (κ3) is 1.62. The Balaban J connectivity index is 1.94. The Hall–Kier alpha value is -2.10. The van der Waals surface area contributed by atoms with Crippen LogP contribution >= 0.6 is 0 Å². The topological polar surface area (TPSA) is 38.1 Å². The average Bonchev–Trinajstić information content (AvgIpc) is 2.88. The second kappa shape index (κ2) is 3.73. The smallest absolute Gasteiger partial charge is 0.259 e. The third-order valence-corrected chi connectivity index (χ3v) is 2.96. The summed E-state index contributed by atoms with van der Waals surface area (Å²) < 4.78 is 1.89. The van der Waals surface area contributed by atoms with Crippen LogP contribution in [-0.4, -0.2) is 22.2 Å². The van der Waals surface area contributed by atoms with E-state index in [1.807, 2.05) is 48.0 Å². The Labute approximate surface area is 99.5 Å². The standard InChI is InChI=1S/C13H13N3O/c1-10-9-12-15(7-8-16(12)14-10)13(17)11-5-3-2-4-6-11/h2-6,9H,7-8H2,1H3. The first-order chi connectivity index (χ1) is 8.25. The van der Waals surface area contributed by atoms with Crippen molar-refractivity contribution in [3.63, 3.8) is 0 Å². The minimum atomic E-state index is 0.0456. The van der Waals surface area contributed by atoms with Crippen LogP contribution in [-0.2, 0) is 6.54 Å². The number of anilines is 1. The molecule has 2 aromatic rings. The largest absolute Gasteiger partial charge is 0.291 e. The summed E-state index contributed by atoms with van der Waals surface area (Å²) in [6.45, 7) is 3.43. The number of hydrogen-bond acceptors (Lipinski definition) is 2. The molecule has 0 saturated heterocycles. The molecule has 0 unspecified atom stereocenters. The first kappa shape index (κ1) is 10.1. The second-order valence-electron chi connectivity index (χ2n) is 4.19. The molecule has 0 aliphatic carbocycles. The van der Waals surface area contributed by atoms with E-state index < -0.39 is 0 Å². The molecule has 2 heterocycles. The van der Waals surface area contributed by atoms with E-state index in [1.165, 1.54) is 0 Å². The lowest BCUT2D eigenvalue weighted by Crippen LogP contribution is -2.28. The molecule has 0 N–H and O–H groups in total. The van der Waals surface area contributed by atoms with Crippen LogP contribution in [0.4, 0.5) is 5.82 Å². The van der Waals surface area contributed by atoms with Gasteiger partial charge in [-0.15, -0.1) is 0 Å². The monoisotopic (exact) mass is 227 g/mol. The van der Waals surface area contributed by atoms with Crippen LogP contribution in [0.15, 0.2) is 36.4 Å². The number of hydrogen-bond donors (Lipinski definition) is 0. The summed E-state index contributed by atoms with van der Waals surface area (Å²) in [4.78, 5) is 14.1. The fourth-order valence-electron chi connectivity index (χ4n) is 2.17. The molecule has 0 radical (unpaired) electrons. The quantitative estimate of drug-likeness (QED) is 0.745. The van der Waals surface area contributed by atoms with E-state index in [4.69, 9.17) is 0 Å². The van der Waals surface area contributed by atoms with Crippen molar-refractivity contribution < 1.29 is 4.79 Å². The van der Waals surface area contributed by atoms with Crippen molar-refractivity contribution in [1.29, 1.82) is 0 Å². The number of rotatable bonds is 1. The van der Waals surface area contributed by atoms with Crippen LogP contribution < -0.4 is 4.90 Å². The number of fused-ring (bicyclic) bond motifs is 1. The molecule has 4 nitrogen and oxygen atoms in total. The highest BCUT2D eigenvalue weighted by Crippen LogP contribution is 2.23. The SMILES string of the molecule is Cc1cc2n(n1)CCN2C(=O)c1ccccc1. The minimum Gasteiger partial charge on any atom is -0.291 e. The predicted octanol–water partition coefficient (Wildman–Crippen LogP) is 1.85. The van der Waals surface area contributed by atoms with Gasteiger partial charge >= 0.3 is 0 Å². The van der Waals surface area contributed by atoms with Gasteiger partial charge in [0.2, 0.25) is 0 Å². The molecule has 3 rings (SSSR count). The molecular weight excluding hydrogens is 214 g/mol. The molecule has 0 saturated carbocycles. The van der Waals surface area contributed by atoms with Crippen molar-refractivity contribution in [3.05, 3.63) is 47.7 Å². The maximum Gasteiger partial charge on any atom is 0.259 e. The number of aromatic nitrogens is 2.